The Morgan fingerprint density at radius 1 is 1.00 bits per heavy atom. The summed E-state index contributed by atoms with van der Waals surface area (Å²) in [5.74, 6) is -3.59. The third-order valence-electron chi connectivity index (χ3n) is 3.46. The molecule has 2 rings (SSSR count). The summed E-state index contributed by atoms with van der Waals surface area (Å²) < 4.78 is 45.3. The third kappa shape index (κ3) is 4.65. The molecule has 2 aromatic rings. The van der Waals surface area contributed by atoms with Crippen LogP contribution in [0, 0.1) is 17.5 Å². The van der Waals surface area contributed by atoms with E-state index in [4.69, 9.17) is 4.74 Å². The zero-order valence-electron chi connectivity index (χ0n) is 14.1. The number of carbonyl (C=O) groups is 1. The highest BCUT2D eigenvalue weighted by Crippen LogP contribution is 2.26. The van der Waals surface area contributed by atoms with Gasteiger partial charge in [-0.2, -0.15) is 0 Å². The van der Waals surface area contributed by atoms with Crippen LogP contribution < -0.4 is 15.4 Å². The van der Waals surface area contributed by atoms with Crippen LogP contribution >= 0.6 is 0 Å². The molecule has 25 heavy (non-hydrogen) atoms. The van der Waals surface area contributed by atoms with Gasteiger partial charge in [0, 0.05) is 0 Å². The molecule has 0 saturated carbocycles. The number of halogens is 3. The Balaban J connectivity index is 2.01. The summed E-state index contributed by atoms with van der Waals surface area (Å²) in [6.45, 7) is 5.62. The molecule has 0 aromatic heterocycles. The summed E-state index contributed by atoms with van der Waals surface area (Å²) in [7, 11) is 0. The Morgan fingerprint density at radius 3 is 2.36 bits per heavy atom. The lowest BCUT2D eigenvalue weighted by Crippen LogP contribution is -2.39. The van der Waals surface area contributed by atoms with Gasteiger partial charge in [-0.1, -0.05) is 32.0 Å². The van der Waals surface area contributed by atoms with Gasteiger partial charge in [0.15, 0.2) is 23.7 Å². The second-order valence-electron chi connectivity index (χ2n) is 5.77. The number of ether oxygens (including phenoxy) is 1. The van der Waals surface area contributed by atoms with Gasteiger partial charge in [-0.25, -0.2) is 18.0 Å². The molecule has 0 radical (unpaired) electrons. The van der Waals surface area contributed by atoms with Crippen LogP contribution in [0.25, 0.3) is 0 Å². The molecule has 0 bridgehead atoms. The summed E-state index contributed by atoms with van der Waals surface area (Å²) in [6, 6.07) is 8.26. The second-order valence-corrected chi connectivity index (χ2v) is 5.77. The first-order chi connectivity index (χ1) is 11.8. The Bertz CT molecular complexity index is 766. The molecule has 2 amide bonds. The Hall–Kier alpha value is -2.70. The monoisotopic (exact) mass is 352 g/mol. The normalized spacial score (nSPS) is 12.0. The molecule has 0 spiro atoms. The molecule has 7 heteroatoms. The quantitative estimate of drug-likeness (QED) is 0.601. The number of urea groups is 1. The van der Waals surface area contributed by atoms with Crippen molar-refractivity contribution in [2.24, 2.45) is 0 Å². The fraction of sp³-hybridized carbons (Fsp3) is 0.278. The van der Waals surface area contributed by atoms with Crippen molar-refractivity contribution >= 4 is 11.7 Å². The van der Waals surface area contributed by atoms with Crippen LogP contribution in [-0.2, 0) is 0 Å². The van der Waals surface area contributed by atoms with E-state index >= 15 is 0 Å². The molecule has 2 aromatic carbocycles. The minimum absolute atomic E-state index is 0.230. The molecule has 0 aliphatic carbocycles. The second kappa shape index (κ2) is 7.92. The van der Waals surface area contributed by atoms with Gasteiger partial charge in [0.2, 0.25) is 0 Å². The van der Waals surface area contributed by atoms with E-state index in [1.165, 1.54) is 0 Å². The van der Waals surface area contributed by atoms with Gasteiger partial charge in [0.1, 0.15) is 5.75 Å². The number of para-hydroxylation sites is 1. The molecule has 1 unspecified atom stereocenters. The summed E-state index contributed by atoms with van der Waals surface area (Å²) in [5.41, 5.74) is 0.509. The van der Waals surface area contributed by atoms with Crippen molar-refractivity contribution in [3.05, 3.63) is 59.4 Å². The number of anilines is 1. The molecule has 0 aliphatic heterocycles. The third-order valence-corrected chi connectivity index (χ3v) is 3.46. The zero-order valence-corrected chi connectivity index (χ0v) is 14.1. The lowest BCUT2D eigenvalue weighted by Gasteiger charge is -2.20. The SMILES string of the molecule is CC(NC(=O)Nc1ccc(F)c(F)c1F)Oc1ccccc1C(C)C. The molecule has 0 fully saturated rings. The van der Waals surface area contributed by atoms with Crippen LogP contribution in [-0.4, -0.2) is 12.3 Å². The Labute approximate surface area is 144 Å². The zero-order chi connectivity index (χ0) is 18.6. The van der Waals surface area contributed by atoms with Crippen molar-refractivity contribution in [3.63, 3.8) is 0 Å². The predicted molar refractivity (Wildman–Crippen MR) is 89.1 cm³/mol. The van der Waals surface area contributed by atoms with Crippen molar-refractivity contribution in [3.8, 4) is 5.75 Å². The first kappa shape index (κ1) is 18.6. The van der Waals surface area contributed by atoms with Gasteiger partial charge in [0.05, 0.1) is 5.69 Å². The number of nitrogens with one attached hydrogen (secondary N) is 2. The average molecular weight is 352 g/mol. The van der Waals surface area contributed by atoms with Gasteiger partial charge < -0.3 is 15.4 Å². The van der Waals surface area contributed by atoms with Crippen molar-refractivity contribution in [1.82, 2.24) is 5.32 Å². The van der Waals surface area contributed by atoms with Gasteiger partial charge >= 0.3 is 6.03 Å². The minimum atomic E-state index is -1.65. The maximum atomic E-state index is 13.6. The van der Waals surface area contributed by atoms with E-state index in [0.29, 0.717) is 5.75 Å². The van der Waals surface area contributed by atoms with E-state index in [0.717, 1.165) is 17.7 Å². The Morgan fingerprint density at radius 2 is 1.68 bits per heavy atom. The maximum Gasteiger partial charge on any atom is 0.322 e. The maximum absolute atomic E-state index is 13.6. The molecular formula is C18H19F3N2O2. The molecule has 4 nitrogen and oxygen atoms in total. The van der Waals surface area contributed by atoms with Crippen molar-refractivity contribution < 1.29 is 22.7 Å². The van der Waals surface area contributed by atoms with Crippen LogP contribution in [0.5, 0.6) is 5.75 Å². The lowest BCUT2D eigenvalue weighted by atomic mass is 10.0. The fourth-order valence-corrected chi connectivity index (χ4v) is 2.25. The number of rotatable bonds is 5. The number of hydrogen-bond donors (Lipinski definition) is 2. The highest BCUT2D eigenvalue weighted by atomic mass is 19.2. The molecule has 1 atom stereocenters. The summed E-state index contributed by atoms with van der Waals surface area (Å²) in [5, 5.41) is 4.57. The highest BCUT2D eigenvalue weighted by molar-refractivity contribution is 5.89. The Kier molecular flexibility index (Phi) is 5.90. The van der Waals surface area contributed by atoms with E-state index in [1.54, 1.807) is 13.0 Å². The van der Waals surface area contributed by atoms with E-state index in [1.807, 2.05) is 32.0 Å². The van der Waals surface area contributed by atoms with Crippen LogP contribution in [0.2, 0.25) is 0 Å². The highest BCUT2D eigenvalue weighted by Gasteiger charge is 2.17. The fourth-order valence-electron chi connectivity index (χ4n) is 2.25. The average Bonchev–Trinajstić information content (AvgIpc) is 2.55. The predicted octanol–water partition coefficient (Wildman–Crippen LogP) is 4.77. The van der Waals surface area contributed by atoms with Gasteiger partial charge in [-0.3, -0.25) is 0 Å². The molecule has 0 heterocycles. The molecule has 0 aliphatic rings. The van der Waals surface area contributed by atoms with Crippen molar-refractivity contribution in [1.29, 1.82) is 0 Å². The summed E-state index contributed by atoms with van der Waals surface area (Å²) in [6.07, 6.45) is -0.728. The van der Waals surface area contributed by atoms with Gasteiger partial charge in [0.25, 0.3) is 0 Å². The molecule has 0 saturated heterocycles. The van der Waals surface area contributed by atoms with Crippen molar-refractivity contribution in [2.45, 2.75) is 32.9 Å². The topological polar surface area (TPSA) is 50.4 Å². The number of hydrogen-bond acceptors (Lipinski definition) is 2. The first-order valence-electron chi connectivity index (χ1n) is 7.76. The minimum Gasteiger partial charge on any atom is -0.471 e. The van der Waals surface area contributed by atoms with E-state index in [9.17, 15) is 18.0 Å². The van der Waals surface area contributed by atoms with Crippen LogP contribution in [0.15, 0.2) is 36.4 Å². The van der Waals surface area contributed by atoms with Crippen LogP contribution in [0.1, 0.15) is 32.3 Å². The van der Waals surface area contributed by atoms with Crippen LogP contribution in [0.3, 0.4) is 0 Å². The van der Waals surface area contributed by atoms with Crippen molar-refractivity contribution in [2.75, 3.05) is 5.32 Å². The van der Waals surface area contributed by atoms with E-state index in [2.05, 4.69) is 10.6 Å². The largest absolute Gasteiger partial charge is 0.471 e. The summed E-state index contributed by atoms with van der Waals surface area (Å²) >= 11 is 0. The number of benzene rings is 2. The van der Waals surface area contributed by atoms with Gasteiger partial charge in [-0.05, 0) is 36.6 Å². The molecule has 134 valence electrons. The van der Waals surface area contributed by atoms with E-state index < -0.39 is 35.4 Å². The number of amides is 2. The molecule has 2 N–H and O–H groups in total. The molecular weight excluding hydrogens is 333 g/mol. The summed E-state index contributed by atoms with van der Waals surface area (Å²) in [4.78, 5) is 11.9. The number of carbonyl (C=O) groups excluding carboxylic acids is 1. The van der Waals surface area contributed by atoms with Gasteiger partial charge in [-0.15, -0.1) is 0 Å². The van der Waals surface area contributed by atoms with E-state index in [-0.39, 0.29) is 5.92 Å². The standard InChI is InChI=1S/C18H19F3N2O2/c1-10(2)12-6-4-5-7-15(12)25-11(3)22-18(24)23-14-9-8-13(19)16(20)17(14)21/h4-11H,1-3H3,(H2,22,23,24). The lowest BCUT2D eigenvalue weighted by molar-refractivity contribution is 0.181. The van der Waals surface area contributed by atoms with Crippen LogP contribution in [0.4, 0.5) is 23.7 Å². The first-order valence-corrected chi connectivity index (χ1v) is 7.76. The smallest absolute Gasteiger partial charge is 0.322 e.